The molecule has 0 aliphatic carbocycles. The Kier molecular flexibility index (Phi) is 7.36. The fourth-order valence-corrected chi connectivity index (χ4v) is 2.00. The quantitative estimate of drug-likeness (QED) is 0.702. The second kappa shape index (κ2) is 8.79. The standard InChI is InChI=1S/C13H17Cl2N3O2/c1-16-12(19)7-17-8-13(20)18-5-4-9-2-3-10(14)6-11(9)15/h2-3,6,17H,4-5,7-8H2,1H3,(H,16,19)(H,18,20). The second-order valence-electron chi connectivity index (χ2n) is 4.11. The largest absolute Gasteiger partial charge is 0.358 e. The summed E-state index contributed by atoms with van der Waals surface area (Å²) in [4.78, 5) is 22.4. The van der Waals surface area contributed by atoms with E-state index >= 15 is 0 Å². The van der Waals surface area contributed by atoms with Crippen molar-refractivity contribution in [2.45, 2.75) is 6.42 Å². The average molecular weight is 318 g/mol. The van der Waals surface area contributed by atoms with Crippen molar-refractivity contribution < 1.29 is 9.59 Å². The molecule has 1 aromatic rings. The van der Waals surface area contributed by atoms with E-state index in [4.69, 9.17) is 23.2 Å². The van der Waals surface area contributed by atoms with Crippen molar-refractivity contribution in [3.63, 3.8) is 0 Å². The van der Waals surface area contributed by atoms with Gasteiger partial charge in [0.25, 0.3) is 0 Å². The lowest BCUT2D eigenvalue weighted by Crippen LogP contribution is -2.39. The Labute approximate surface area is 128 Å². The molecule has 110 valence electrons. The van der Waals surface area contributed by atoms with Gasteiger partial charge in [0.2, 0.25) is 11.8 Å². The normalized spacial score (nSPS) is 10.2. The van der Waals surface area contributed by atoms with Gasteiger partial charge in [-0.2, -0.15) is 0 Å². The molecule has 0 aliphatic rings. The lowest BCUT2D eigenvalue weighted by atomic mass is 10.1. The van der Waals surface area contributed by atoms with Crippen LogP contribution in [0.15, 0.2) is 18.2 Å². The summed E-state index contributed by atoms with van der Waals surface area (Å²) in [6.07, 6.45) is 0.622. The highest BCUT2D eigenvalue weighted by molar-refractivity contribution is 6.35. The van der Waals surface area contributed by atoms with Crippen molar-refractivity contribution in [3.05, 3.63) is 33.8 Å². The molecule has 0 atom stereocenters. The first kappa shape index (κ1) is 16.8. The van der Waals surface area contributed by atoms with E-state index in [1.165, 1.54) is 0 Å². The fourth-order valence-electron chi connectivity index (χ4n) is 1.50. The molecule has 0 heterocycles. The van der Waals surface area contributed by atoms with Gasteiger partial charge >= 0.3 is 0 Å². The number of halogens is 2. The summed E-state index contributed by atoms with van der Waals surface area (Å²) in [5.74, 6) is -0.329. The monoisotopic (exact) mass is 317 g/mol. The molecule has 0 aromatic heterocycles. The molecule has 0 radical (unpaired) electrons. The maximum absolute atomic E-state index is 11.5. The SMILES string of the molecule is CNC(=O)CNCC(=O)NCCc1ccc(Cl)cc1Cl. The first-order valence-electron chi connectivity index (χ1n) is 6.15. The van der Waals surface area contributed by atoms with Gasteiger partial charge in [-0.1, -0.05) is 29.3 Å². The number of benzene rings is 1. The Balaban J connectivity index is 2.23. The average Bonchev–Trinajstić information content (AvgIpc) is 2.41. The van der Waals surface area contributed by atoms with Crippen LogP contribution >= 0.6 is 23.2 Å². The number of carbonyl (C=O) groups is 2. The molecule has 5 nitrogen and oxygen atoms in total. The van der Waals surface area contributed by atoms with Crippen LogP contribution in [0.25, 0.3) is 0 Å². The van der Waals surface area contributed by atoms with E-state index in [9.17, 15) is 9.59 Å². The number of hydrogen-bond acceptors (Lipinski definition) is 3. The predicted octanol–water partition coefficient (Wildman–Crippen LogP) is 0.988. The van der Waals surface area contributed by atoms with Crippen molar-refractivity contribution >= 4 is 35.0 Å². The van der Waals surface area contributed by atoms with Gasteiger partial charge in [-0.25, -0.2) is 0 Å². The summed E-state index contributed by atoms with van der Waals surface area (Å²) in [5, 5.41) is 9.10. The van der Waals surface area contributed by atoms with E-state index < -0.39 is 0 Å². The van der Waals surface area contributed by atoms with Crippen molar-refractivity contribution in [2.24, 2.45) is 0 Å². The van der Waals surface area contributed by atoms with Crippen molar-refractivity contribution in [3.8, 4) is 0 Å². The summed E-state index contributed by atoms with van der Waals surface area (Å²) in [5.41, 5.74) is 0.926. The minimum Gasteiger partial charge on any atom is -0.358 e. The van der Waals surface area contributed by atoms with Gasteiger partial charge in [0.1, 0.15) is 0 Å². The van der Waals surface area contributed by atoms with Crippen LogP contribution < -0.4 is 16.0 Å². The van der Waals surface area contributed by atoms with Gasteiger partial charge in [-0.05, 0) is 24.1 Å². The zero-order valence-corrected chi connectivity index (χ0v) is 12.6. The topological polar surface area (TPSA) is 70.2 Å². The lowest BCUT2D eigenvalue weighted by Gasteiger charge is -2.07. The van der Waals surface area contributed by atoms with Crippen LogP contribution in [0.2, 0.25) is 10.0 Å². The molecule has 1 rings (SSSR count). The number of amides is 2. The third kappa shape index (κ3) is 6.23. The van der Waals surface area contributed by atoms with E-state index in [2.05, 4.69) is 16.0 Å². The second-order valence-corrected chi connectivity index (χ2v) is 4.96. The molecule has 1 aromatic carbocycles. The van der Waals surface area contributed by atoms with E-state index in [0.29, 0.717) is 23.0 Å². The van der Waals surface area contributed by atoms with Gasteiger partial charge < -0.3 is 10.6 Å². The smallest absolute Gasteiger partial charge is 0.233 e. The third-order valence-electron chi connectivity index (χ3n) is 2.58. The Morgan fingerprint density at radius 1 is 1.15 bits per heavy atom. The lowest BCUT2D eigenvalue weighted by molar-refractivity contribution is -0.121. The molecular formula is C13H17Cl2N3O2. The highest BCUT2D eigenvalue weighted by Crippen LogP contribution is 2.20. The molecule has 2 amide bonds. The van der Waals surface area contributed by atoms with Gasteiger partial charge in [0.15, 0.2) is 0 Å². The maximum Gasteiger partial charge on any atom is 0.233 e. The Hall–Kier alpha value is -1.30. The highest BCUT2D eigenvalue weighted by atomic mass is 35.5. The van der Waals surface area contributed by atoms with Crippen molar-refractivity contribution in [1.29, 1.82) is 0 Å². The van der Waals surface area contributed by atoms with Crippen molar-refractivity contribution in [2.75, 3.05) is 26.7 Å². The minimum atomic E-state index is -0.168. The van der Waals surface area contributed by atoms with Crippen LogP contribution in [0, 0.1) is 0 Å². The van der Waals surface area contributed by atoms with Crippen LogP contribution in [-0.2, 0) is 16.0 Å². The van der Waals surface area contributed by atoms with Crippen LogP contribution in [0.3, 0.4) is 0 Å². The maximum atomic E-state index is 11.5. The molecule has 0 fully saturated rings. The van der Waals surface area contributed by atoms with Gasteiger partial charge in [0.05, 0.1) is 13.1 Å². The van der Waals surface area contributed by atoms with Crippen molar-refractivity contribution in [1.82, 2.24) is 16.0 Å². The molecule has 0 saturated carbocycles. The molecular weight excluding hydrogens is 301 g/mol. The Bertz CT molecular complexity index is 481. The number of carbonyl (C=O) groups excluding carboxylic acids is 2. The van der Waals surface area contributed by atoms with Gasteiger partial charge in [-0.3, -0.25) is 14.9 Å². The summed E-state index contributed by atoms with van der Waals surface area (Å²) < 4.78 is 0. The summed E-state index contributed by atoms with van der Waals surface area (Å²) in [6, 6.07) is 5.27. The highest BCUT2D eigenvalue weighted by Gasteiger charge is 2.04. The number of hydrogen-bond donors (Lipinski definition) is 3. The molecule has 0 aliphatic heterocycles. The first-order chi connectivity index (χ1) is 9.52. The van der Waals surface area contributed by atoms with Crippen LogP contribution in [0.1, 0.15) is 5.56 Å². The molecule has 3 N–H and O–H groups in total. The van der Waals surface area contributed by atoms with E-state index in [1.807, 2.05) is 6.07 Å². The van der Waals surface area contributed by atoms with Crippen LogP contribution in [-0.4, -0.2) is 38.5 Å². The number of rotatable bonds is 7. The molecule has 0 unspecified atom stereocenters. The fraction of sp³-hybridized carbons (Fsp3) is 0.385. The van der Waals surface area contributed by atoms with Crippen LogP contribution in [0.5, 0.6) is 0 Å². The van der Waals surface area contributed by atoms with E-state index in [-0.39, 0.29) is 24.9 Å². The first-order valence-corrected chi connectivity index (χ1v) is 6.90. The minimum absolute atomic E-state index is 0.0990. The summed E-state index contributed by atoms with van der Waals surface area (Å²) in [6.45, 7) is 0.691. The Morgan fingerprint density at radius 2 is 1.85 bits per heavy atom. The molecule has 0 saturated heterocycles. The third-order valence-corrected chi connectivity index (χ3v) is 3.17. The van der Waals surface area contributed by atoms with Gasteiger partial charge in [0, 0.05) is 23.6 Å². The number of likely N-dealkylation sites (N-methyl/N-ethyl adjacent to an activating group) is 1. The summed E-state index contributed by atoms with van der Waals surface area (Å²) >= 11 is 11.8. The Morgan fingerprint density at radius 3 is 2.50 bits per heavy atom. The van der Waals surface area contributed by atoms with Crippen LogP contribution in [0.4, 0.5) is 0 Å². The molecule has 20 heavy (non-hydrogen) atoms. The zero-order valence-electron chi connectivity index (χ0n) is 11.1. The molecule has 0 bridgehead atoms. The molecule has 7 heteroatoms. The number of nitrogens with one attached hydrogen (secondary N) is 3. The summed E-state index contributed by atoms with van der Waals surface area (Å²) in [7, 11) is 1.54. The zero-order chi connectivity index (χ0) is 15.0. The van der Waals surface area contributed by atoms with E-state index in [0.717, 1.165) is 5.56 Å². The van der Waals surface area contributed by atoms with E-state index in [1.54, 1.807) is 19.2 Å². The molecule has 0 spiro atoms. The predicted molar refractivity (Wildman–Crippen MR) is 80.1 cm³/mol. The van der Waals surface area contributed by atoms with Gasteiger partial charge in [-0.15, -0.1) is 0 Å².